The first-order valence-corrected chi connectivity index (χ1v) is 7.55. The number of nitrogens with zero attached hydrogens (tertiary/aromatic N) is 1. The Morgan fingerprint density at radius 2 is 2.29 bits per heavy atom. The van der Waals surface area contributed by atoms with Gasteiger partial charge in [-0.25, -0.2) is 0 Å². The predicted molar refractivity (Wildman–Crippen MR) is 79.6 cm³/mol. The number of hydrogen-bond donors (Lipinski definition) is 2. The SMILES string of the molecule is CCC1C2CNCC2CN1C(=O)c1cccc(OC)c1O. The van der Waals surface area contributed by atoms with E-state index in [2.05, 4.69) is 12.2 Å². The van der Waals surface area contributed by atoms with Gasteiger partial charge in [0, 0.05) is 25.7 Å². The molecule has 0 spiro atoms. The molecule has 2 heterocycles. The van der Waals surface area contributed by atoms with Gasteiger partial charge in [-0.3, -0.25) is 4.79 Å². The second-order valence-electron chi connectivity index (χ2n) is 5.87. The molecule has 2 saturated heterocycles. The Labute approximate surface area is 124 Å². The molecule has 0 saturated carbocycles. The fraction of sp³-hybridized carbons (Fsp3) is 0.562. The number of ether oxygens (including phenoxy) is 1. The summed E-state index contributed by atoms with van der Waals surface area (Å²) >= 11 is 0. The topological polar surface area (TPSA) is 61.8 Å². The molecule has 0 bridgehead atoms. The third kappa shape index (κ3) is 2.25. The highest BCUT2D eigenvalue weighted by atomic mass is 16.5. The van der Waals surface area contributed by atoms with Crippen LogP contribution in [0.3, 0.4) is 0 Å². The van der Waals surface area contributed by atoms with Gasteiger partial charge in [-0.2, -0.15) is 0 Å². The Morgan fingerprint density at radius 1 is 1.48 bits per heavy atom. The molecule has 2 aliphatic rings. The quantitative estimate of drug-likeness (QED) is 0.885. The number of likely N-dealkylation sites (tertiary alicyclic amines) is 1. The highest BCUT2D eigenvalue weighted by Gasteiger charge is 2.45. The fourth-order valence-electron chi connectivity index (χ4n) is 3.79. The zero-order chi connectivity index (χ0) is 15.0. The van der Waals surface area contributed by atoms with Gasteiger partial charge >= 0.3 is 0 Å². The molecule has 114 valence electrons. The number of fused-ring (bicyclic) bond motifs is 1. The van der Waals surface area contributed by atoms with Crippen molar-refractivity contribution in [3.05, 3.63) is 23.8 Å². The van der Waals surface area contributed by atoms with Crippen LogP contribution in [0.4, 0.5) is 0 Å². The molecule has 1 aromatic rings. The summed E-state index contributed by atoms with van der Waals surface area (Å²) in [5.74, 6) is 1.26. The van der Waals surface area contributed by atoms with Crippen molar-refractivity contribution in [2.45, 2.75) is 19.4 Å². The van der Waals surface area contributed by atoms with Crippen LogP contribution in [0.15, 0.2) is 18.2 Å². The largest absolute Gasteiger partial charge is 0.504 e. The van der Waals surface area contributed by atoms with E-state index in [1.165, 1.54) is 7.11 Å². The van der Waals surface area contributed by atoms with Crippen LogP contribution >= 0.6 is 0 Å². The van der Waals surface area contributed by atoms with E-state index in [9.17, 15) is 9.90 Å². The van der Waals surface area contributed by atoms with Crippen LogP contribution in [0.25, 0.3) is 0 Å². The standard InChI is InChI=1S/C16H22N2O3/c1-3-13-12-8-17-7-10(12)9-18(13)16(20)11-5-4-6-14(21-2)15(11)19/h4-6,10,12-13,17,19H,3,7-9H2,1-2H3. The molecular formula is C16H22N2O3. The minimum atomic E-state index is -0.0901. The van der Waals surface area contributed by atoms with E-state index < -0.39 is 0 Å². The number of aromatic hydroxyl groups is 1. The zero-order valence-corrected chi connectivity index (χ0v) is 12.5. The first kappa shape index (κ1) is 14.2. The summed E-state index contributed by atoms with van der Waals surface area (Å²) in [4.78, 5) is 14.8. The van der Waals surface area contributed by atoms with Gasteiger partial charge in [-0.15, -0.1) is 0 Å². The molecular weight excluding hydrogens is 268 g/mol. The highest BCUT2D eigenvalue weighted by Crippen LogP contribution is 2.37. The number of phenols is 1. The summed E-state index contributed by atoms with van der Waals surface area (Å²) < 4.78 is 5.10. The van der Waals surface area contributed by atoms with Gasteiger partial charge in [-0.1, -0.05) is 13.0 Å². The molecule has 0 radical (unpaired) electrons. The van der Waals surface area contributed by atoms with Crippen LogP contribution in [0.2, 0.25) is 0 Å². The number of amides is 1. The van der Waals surface area contributed by atoms with E-state index in [1.807, 2.05) is 4.90 Å². The number of carbonyl (C=O) groups is 1. The van der Waals surface area contributed by atoms with Crippen molar-refractivity contribution in [1.82, 2.24) is 10.2 Å². The number of para-hydroxylation sites is 1. The first-order chi connectivity index (χ1) is 10.2. The van der Waals surface area contributed by atoms with Crippen molar-refractivity contribution in [3.63, 3.8) is 0 Å². The van der Waals surface area contributed by atoms with E-state index >= 15 is 0 Å². The van der Waals surface area contributed by atoms with Crippen molar-refractivity contribution >= 4 is 5.91 Å². The van der Waals surface area contributed by atoms with Crippen molar-refractivity contribution in [3.8, 4) is 11.5 Å². The third-order valence-electron chi connectivity index (χ3n) is 4.85. The molecule has 5 nitrogen and oxygen atoms in total. The minimum absolute atomic E-state index is 0.0602. The highest BCUT2D eigenvalue weighted by molar-refractivity contribution is 5.98. The number of hydrogen-bond acceptors (Lipinski definition) is 4. The van der Waals surface area contributed by atoms with Gasteiger partial charge in [0.15, 0.2) is 11.5 Å². The molecule has 2 N–H and O–H groups in total. The van der Waals surface area contributed by atoms with E-state index in [4.69, 9.17) is 4.74 Å². The Kier molecular flexibility index (Phi) is 3.76. The summed E-state index contributed by atoms with van der Waals surface area (Å²) in [6.45, 7) is 4.86. The predicted octanol–water partition coefficient (Wildman–Crippen LogP) is 1.47. The van der Waals surface area contributed by atoms with Crippen LogP contribution in [0.5, 0.6) is 11.5 Å². The maximum Gasteiger partial charge on any atom is 0.258 e. The second-order valence-corrected chi connectivity index (χ2v) is 5.87. The molecule has 21 heavy (non-hydrogen) atoms. The van der Waals surface area contributed by atoms with Crippen molar-refractivity contribution in [2.75, 3.05) is 26.7 Å². The van der Waals surface area contributed by atoms with Gasteiger partial charge in [0.1, 0.15) is 0 Å². The third-order valence-corrected chi connectivity index (χ3v) is 4.85. The van der Waals surface area contributed by atoms with E-state index in [-0.39, 0.29) is 17.7 Å². The zero-order valence-electron chi connectivity index (χ0n) is 12.5. The van der Waals surface area contributed by atoms with E-state index in [1.54, 1.807) is 18.2 Å². The molecule has 3 rings (SSSR count). The Balaban J connectivity index is 1.88. The molecule has 2 fully saturated rings. The van der Waals surface area contributed by atoms with E-state index in [0.29, 0.717) is 23.1 Å². The lowest BCUT2D eigenvalue weighted by Gasteiger charge is -2.27. The Hall–Kier alpha value is -1.75. The molecule has 0 aliphatic carbocycles. The molecule has 3 unspecified atom stereocenters. The van der Waals surface area contributed by atoms with Gasteiger partial charge < -0.3 is 20.1 Å². The molecule has 1 aromatic carbocycles. The number of benzene rings is 1. The lowest BCUT2D eigenvalue weighted by molar-refractivity contribution is 0.0708. The fourth-order valence-corrected chi connectivity index (χ4v) is 3.79. The normalized spacial score (nSPS) is 27.7. The summed E-state index contributed by atoms with van der Waals surface area (Å²) in [6, 6.07) is 5.32. The Morgan fingerprint density at radius 3 is 3.00 bits per heavy atom. The number of methoxy groups -OCH3 is 1. The average Bonchev–Trinajstić information content (AvgIpc) is 3.07. The number of carbonyl (C=O) groups excluding carboxylic acids is 1. The minimum Gasteiger partial charge on any atom is -0.504 e. The van der Waals surface area contributed by atoms with Gasteiger partial charge in [0.25, 0.3) is 5.91 Å². The van der Waals surface area contributed by atoms with Crippen LogP contribution in [-0.4, -0.2) is 48.7 Å². The van der Waals surface area contributed by atoms with Crippen molar-refractivity contribution in [2.24, 2.45) is 11.8 Å². The average molecular weight is 290 g/mol. The number of nitrogens with one attached hydrogen (secondary N) is 1. The number of rotatable bonds is 3. The van der Waals surface area contributed by atoms with Crippen LogP contribution in [0.1, 0.15) is 23.7 Å². The van der Waals surface area contributed by atoms with Gasteiger partial charge in [0.05, 0.1) is 12.7 Å². The molecule has 1 amide bonds. The maximum atomic E-state index is 12.8. The first-order valence-electron chi connectivity index (χ1n) is 7.55. The second kappa shape index (κ2) is 5.56. The maximum absolute atomic E-state index is 12.8. The monoisotopic (exact) mass is 290 g/mol. The van der Waals surface area contributed by atoms with E-state index in [0.717, 1.165) is 26.1 Å². The molecule has 2 aliphatic heterocycles. The van der Waals surface area contributed by atoms with Gasteiger partial charge in [-0.05, 0) is 30.4 Å². The molecule has 3 atom stereocenters. The van der Waals surface area contributed by atoms with Crippen LogP contribution < -0.4 is 10.1 Å². The number of phenolic OH excluding ortho intramolecular Hbond substituents is 1. The summed E-state index contributed by atoms with van der Waals surface area (Å²) in [5.41, 5.74) is 0.334. The summed E-state index contributed by atoms with van der Waals surface area (Å²) in [5, 5.41) is 13.6. The van der Waals surface area contributed by atoms with Crippen LogP contribution in [-0.2, 0) is 0 Å². The lowest BCUT2D eigenvalue weighted by Crippen LogP contribution is -2.39. The Bertz CT molecular complexity index is 546. The van der Waals surface area contributed by atoms with Crippen molar-refractivity contribution in [1.29, 1.82) is 0 Å². The smallest absolute Gasteiger partial charge is 0.258 e. The molecule has 0 aromatic heterocycles. The summed E-state index contributed by atoms with van der Waals surface area (Å²) in [7, 11) is 1.49. The van der Waals surface area contributed by atoms with Gasteiger partial charge in [0.2, 0.25) is 0 Å². The lowest BCUT2D eigenvalue weighted by atomic mass is 9.93. The summed E-state index contributed by atoms with van der Waals surface area (Å²) in [6.07, 6.45) is 0.944. The molecule has 5 heteroatoms. The van der Waals surface area contributed by atoms with Crippen LogP contribution in [0, 0.1) is 11.8 Å². The van der Waals surface area contributed by atoms with Crippen molar-refractivity contribution < 1.29 is 14.6 Å².